The standard InChI is InChI=1S/C15H19ClO3/c1-18-11-5-4-6-12(9-11)19-10-15(17)13-7-2-3-8-14(13)16/h2-3,7-8,11-12H,4-6,9-10H2,1H3. The predicted molar refractivity (Wildman–Crippen MR) is 74.8 cm³/mol. The van der Waals surface area contributed by atoms with Crippen LogP contribution in [0.2, 0.25) is 5.02 Å². The number of methoxy groups -OCH3 is 1. The van der Waals surface area contributed by atoms with Crippen molar-refractivity contribution in [2.75, 3.05) is 13.7 Å². The Labute approximate surface area is 118 Å². The molecule has 0 bridgehead atoms. The number of hydrogen-bond acceptors (Lipinski definition) is 3. The van der Waals surface area contributed by atoms with Crippen molar-refractivity contribution in [2.45, 2.75) is 37.9 Å². The summed E-state index contributed by atoms with van der Waals surface area (Å²) in [6.45, 7) is 0.0881. The fraction of sp³-hybridized carbons (Fsp3) is 0.533. The molecule has 1 aromatic rings. The van der Waals surface area contributed by atoms with Crippen LogP contribution in [-0.2, 0) is 9.47 Å². The van der Waals surface area contributed by atoms with Crippen LogP contribution < -0.4 is 0 Å². The van der Waals surface area contributed by atoms with E-state index in [2.05, 4.69) is 0 Å². The van der Waals surface area contributed by atoms with Crippen LogP contribution in [0.5, 0.6) is 0 Å². The zero-order valence-corrected chi connectivity index (χ0v) is 11.9. The zero-order valence-electron chi connectivity index (χ0n) is 11.1. The third kappa shape index (κ3) is 4.03. The maximum atomic E-state index is 12.0. The van der Waals surface area contributed by atoms with Crippen molar-refractivity contribution in [1.82, 2.24) is 0 Å². The summed E-state index contributed by atoms with van der Waals surface area (Å²) in [5, 5.41) is 0.481. The Morgan fingerprint density at radius 1 is 1.32 bits per heavy atom. The predicted octanol–water partition coefficient (Wildman–Crippen LogP) is 3.50. The highest BCUT2D eigenvalue weighted by atomic mass is 35.5. The molecule has 2 rings (SSSR count). The van der Waals surface area contributed by atoms with Gasteiger partial charge in [0.1, 0.15) is 6.61 Å². The average molecular weight is 283 g/mol. The van der Waals surface area contributed by atoms with Crippen molar-refractivity contribution in [3.8, 4) is 0 Å². The monoisotopic (exact) mass is 282 g/mol. The van der Waals surface area contributed by atoms with Gasteiger partial charge in [0.05, 0.1) is 17.2 Å². The first-order chi connectivity index (χ1) is 9.20. The van der Waals surface area contributed by atoms with Gasteiger partial charge in [0.15, 0.2) is 5.78 Å². The van der Waals surface area contributed by atoms with Gasteiger partial charge in [0.25, 0.3) is 0 Å². The first-order valence-electron chi connectivity index (χ1n) is 6.63. The van der Waals surface area contributed by atoms with E-state index in [0.29, 0.717) is 10.6 Å². The minimum atomic E-state index is -0.0647. The highest BCUT2D eigenvalue weighted by Crippen LogP contribution is 2.23. The van der Waals surface area contributed by atoms with Crippen LogP contribution >= 0.6 is 11.6 Å². The van der Waals surface area contributed by atoms with E-state index in [0.717, 1.165) is 25.7 Å². The summed E-state index contributed by atoms with van der Waals surface area (Å²) in [7, 11) is 1.72. The Morgan fingerprint density at radius 2 is 2.05 bits per heavy atom. The molecule has 1 aromatic carbocycles. The van der Waals surface area contributed by atoms with Crippen LogP contribution in [0.3, 0.4) is 0 Å². The van der Waals surface area contributed by atoms with Crippen LogP contribution in [0.4, 0.5) is 0 Å². The van der Waals surface area contributed by atoms with Crippen molar-refractivity contribution in [1.29, 1.82) is 0 Å². The first kappa shape index (κ1) is 14.5. The maximum Gasteiger partial charge on any atom is 0.189 e. The molecule has 0 spiro atoms. The number of hydrogen-bond donors (Lipinski definition) is 0. The number of halogens is 1. The zero-order chi connectivity index (χ0) is 13.7. The molecule has 104 valence electrons. The minimum Gasteiger partial charge on any atom is -0.381 e. The third-order valence-corrected chi connectivity index (χ3v) is 3.87. The molecule has 1 saturated carbocycles. The molecule has 0 aromatic heterocycles. The molecular weight excluding hydrogens is 264 g/mol. The molecule has 1 aliphatic carbocycles. The number of Topliss-reactive ketones (excluding diaryl/α,β-unsaturated/α-hetero) is 1. The van der Waals surface area contributed by atoms with Gasteiger partial charge in [-0.1, -0.05) is 23.7 Å². The van der Waals surface area contributed by atoms with Crippen molar-refractivity contribution < 1.29 is 14.3 Å². The van der Waals surface area contributed by atoms with Crippen molar-refractivity contribution in [3.63, 3.8) is 0 Å². The highest BCUT2D eigenvalue weighted by Gasteiger charge is 2.23. The molecule has 1 fully saturated rings. The van der Waals surface area contributed by atoms with Crippen LogP contribution in [0.15, 0.2) is 24.3 Å². The summed E-state index contributed by atoms with van der Waals surface area (Å²) in [4.78, 5) is 12.0. The lowest BCUT2D eigenvalue weighted by Gasteiger charge is -2.28. The number of ether oxygens (including phenoxy) is 2. The fourth-order valence-corrected chi connectivity index (χ4v) is 2.67. The largest absolute Gasteiger partial charge is 0.381 e. The lowest BCUT2D eigenvalue weighted by atomic mass is 9.95. The molecular formula is C15H19ClO3. The van der Waals surface area contributed by atoms with E-state index in [1.165, 1.54) is 0 Å². The molecule has 0 amide bonds. The van der Waals surface area contributed by atoms with Crippen molar-refractivity contribution in [3.05, 3.63) is 34.9 Å². The van der Waals surface area contributed by atoms with Crippen molar-refractivity contribution in [2.24, 2.45) is 0 Å². The van der Waals surface area contributed by atoms with Gasteiger partial charge in [-0.3, -0.25) is 4.79 Å². The van der Waals surface area contributed by atoms with Crippen LogP contribution in [0.1, 0.15) is 36.0 Å². The summed E-state index contributed by atoms with van der Waals surface area (Å²) < 4.78 is 11.0. The normalized spacial score (nSPS) is 23.3. The van der Waals surface area contributed by atoms with Gasteiger partial charge in [0.2, 0.25) is 0 Å². The van der Waals surface area contributed by atoms with E-state index in [1.807, 2.05) is 6.07 Å². The first-order valence-corrected chi connectivity index (χ1v) is 7.00. The fourth-order valence-electron chi connectivity index (χ4n) is 2.43. The summed E-state index contributed by atoms with van der Waals surface area (Å²) in [5.41, 5.74) is 0.531. The third-order valence-electron chi connectivity index (χ3n) is 3.54. The Kier molecular flexibility index (Phi) is 5.37. The van der Waals surface area contributed by atoms with Gasteiger partial charge >= 0.3 is 0 Å². The lowest BCUT2D eigenvalue weighted by molar-refractivity contribution is -0.0243. The van der Waals surface area contributed by atoms with E-state index in [9.17, 15) is 4.79 Å². The molecule has 0 heterocycles. The van der Waals surface area contributed by atoms with E-state index in [-0.39, 0.29) is 24.6 Å². The number of ketones is 1. The molecule has 0 radical (unpaired) electrons. The summed E-state index contributed by atoms with van der Waals surface area (Å²) >= 11 is 5.99. The molecule has 3 nitrogen and oxygen atoms in total. The summed E-state index contributed by atoms with van der Waals surface area (Å²) in [5.74, 6) is -0.0647. The second-order valence-electron chi connectivity index (χ2n) is 4.86. The minimum absolute atomic E-state index is 0.0647. The molecule has 0 saturated heterocycles. The smallest absolute Gasteiger partial charge is 0.189 e. The van der Waals surface area contributed by atoms with E-state index >= 15 is 0 Å². The maximum absolute atomic E-state index is 12.0. The number of rotatable bonds is 5. The molecule has 1 aliphatic rings. The molecule has 0 N–H and O–H groups in total. The molecule has 19 heavy (non-hydrogen) atoms. The topological polar surface area (TPSA) is 35.5 Å². The molecule has 0 aliphatic heterocycles. The number of benzene rings is 1. The Hall–Kier alpha value is -0.900. The Bertz CT molecular complexity index is 433. The van der Waals surface area contributed by atoms with E-state index in [4.69, 9.17) is 21.1 Å². The second kappa shape index (κ2) is 7.04. The molecule has 2 atom stereocenters. The summed E-state index contributed by atoms with van der Waals surface area (Å²) in [6.07, 6.45) is 4.40. The van der Waals surface area contributed by atoms with Gasteiger partial charge in [-0.05, 0) is 37.8 Å². The van der Waals surface area contributed by atoms with Gasteiger partial charge in [-0.25, -0.2) is 0 Å². The van der Waals surface area contributed by atoms with Gasteiger partial charge in [0, 0.05) is 12.7 Å². The Balaban J connectivity index is 1.85. The lowest BCUT2D eigenvalue weighted by Crippen LogP contribution is -2.29. The van der Waals surface area contributed by atoms with E-state index in [1.54, 1.807) is 25.3 Å². The second-order valence-corrected chi connectivity index (χ2v) is 5.27. The molecule has 2 unspecified atom stereocenters. The van der Waals surface area contributed by atoms with Crippen LogP contribution in [0.25, 0.3) is 0 Å². The highest BCUT2D eigenvalue weighted by molar-refractivity contribution is 6.34. The number of carbonyl (C=O) groups is 1. The van der Waals surface area contributed by atoms with Gasteiger partial charge in [-0.15, -0.1) is 0 Å². The van der Waals surface area contributed by atoms with Crippen LogP contribution in [-0.4, -0.2) is 31.7 Å². The Morgan fingerprint density at radius 3 is 2.79 bits per heavy atom. The molecule has 4 heteroatoms. The summed E-state index contributed by atoms with van der Waals surface area (Å²) in [6, 6.07) is 7.06. The van der Waals surface area contributed by atoms with Gasteiger partial charge in [-0.2, -0.15) is 0 Å². The quantitative estimate of drug-likeness (QED) is 0.776. The van der Waals surface area contributed by atoms with Gasteiger partial charge < -0.3 is 9.47 Å². The average Bonchev–Trinajstić information content (AvgIpc) is 2.45. The van der Waals surface area contributed by atoms with Crippen LogP contribution in [0, 0.1) is 0 Å². The van der Waals surface area contributed by atoms with Crippen molar-refractivity contribution >= 4 is 17.4 Å². The number of carbonyl (C=O) groups excluding carboxylic acids is 1. The van der Waals surface area contributed by atoms with E-state index < -0.39 is 0 Å². The SMILES string of the molecule is COC1CCCC(OCC(=O)c2ccccc2Cl)C1.